The van der Waals surface area contributed by atoms with Crippen molar-refractivity contribution in [3.63, 3.8) is 0 Å². The zero-order valence-corrected chi connectivity index (χ0v) is 15.0. The molecule has 0 spiro atoms. The van der Waals surface area contributed by atoms with Gasteiger partial charge in [0.25, 0.3) is 11.8 Å². The smallest absolute Gasteiger partial charge is 0.260 e. The predicted octanol–water partition coefficient (Wildman–Crippen LogP) is 2.96. The maximum Gasteiger partial charge on any atom is 0.260 e. The highest BCUT2D eigenvalue weighted by atomic mass is 35.5. The van der Waals surface area contributed by atoms with Crippen LogP contribution in [-0.2, 0) is 4.79 Å². The quantitative estimate of drug-likeness (QED) is 0.746. The second-order valence-corrected chi connectivity index (χ2v) is 6.06. The van der Waals surface area contributed by atoms with E-state index in [1.807, 2.05) is 31.2 Å². The summed E-state index contributed by atoms with van der Waals surface area (Å²) >= 11 is 5.78. The summed E-state index contributed by atoms with van der Waals surface area (Å²) in [6, 6.07) is 14.1. The Morgan fingerprint density at radius 1 is 1.00 bits per heavy atom. The number of hydrogen-bond acceptors (Lipinski definition) is 3. The number of nitrogens with one attached hydrogen (secondary N) is 2. The van der Waals surface area contributed by atoms with Gasteiger partial charge in [-0.2, -0.15) is 0 Å². The van der Waals surface area contributed by atoms with E-state index < -0.39 is 6.10 Å². The second-order valence-electron chi connectivity index (χ2n) is 5.63. The second kappa shape index (κ2) is 9.08. The monoisotopic (exact) mass is 360 g/mol. The molecule has 2 aromatic carbocycles. The van der Waals surface area contributed by atoms with Crippen LogP contribution < -0.4 is 15.4 Å². The van der Waals surface area contributed by atoms with Gasteiger partial charge in [0.05, 0.1) is 0 Å². The van der Waals surface area contributed by atoms with Crippen LogP contribution >= 0.6 is 11.6 Å². The van der Waals surface area contributed by atoms with Gasteiger partial charge in [-0.25, -0.2) is 0 Å². The molecule has 2 N–H and O–H groups in total. The van der Waals surface area contributed by atoms with Crippen LogP contribution in [0.2, 0.25) is 5.02 Å². The number of hydrogen-bond donors (Lipinski definition) is 2. The van der Waals surface area contributed by atoms with Gasteiger partial charge < -0.3 is 15.4 Å². The lowest BCUT2D eigenvalue weighted by atomic mass is 10.2. The van der Waals surface area contributed by atoms with Crippen molar-refractivity contribution in [1.82, 2.24) is 10.6 Å². The van der Waals surface area contributed by atoms with Crippen molar-refractivity contribution >= 4 is 23.4 Å². The minimum absolute atomic E-state index is 0.213. The fourth-order valence-electron chi connectivity index (χ4n) is 2.08. The highest BCUT2D eigenvalue weighted by molar-refractivity contribution is 6.30. The maximum absolute atomic E-state index is 12.0. The molecule has 2 rings (SSSR count). The van der Waals surface area contributed by atoms with Crippen LogP contribution in [0.3, 0.4) is 0 Å². The lowest BCUT2D eigenvalue weighted by Gasteiger charge is -2.15. The van der Waals surface area contributed by atoms with Gasteiger partial charge in [0, 0.05) is 23.7 Å². The largest absolute Gasteiger partial charge is 0.481 e. The van der Waals surface area contributed by atoms with Crippen molar-refractivity contribution in [2.24, 2.45) is 0 Å². The molecule has 25 heavy (non-hydrogen) atoms. The number of aryl methyl sites for hydroxylation is 1. The van der Waals surface area contributed by atoms with Gasteiger partial charge in [-0.15, -0.1) is 0 Å². The third kappa shape index (κ3) is 6.12. The molecule has 0 bridgehead atoms. The first-order valence-electron chi connectivity index (χ1n) is 8.00. The highest BCUT2D eigenvalue weighted by Gasteiger charge is 2.14. The molecule has 0 saturated heterocycles. The Bertz CT molecular complexity index is 714. The third-order valence-electron chi connectivity index (χ3n) is 3.52. The molecule has 1 atom stereocenters. The van der Waals surface area contributed by atoms with Crippen molar-refractivity contribution in [2.75, 3.05) is 13.1 Å². The van der Waals surface area contributed by atoms with Gasteiger partial charge in [0.15, 0.2) is 6.10 Å². The van der Waals surface area contributed by atoms with Crippen molar-refractivity contribution in [2.45, 2.75) is 20.0 Å². The van der Waals surface area contributed by atoms with E-state index in [4.69, 9.17) is 16.3 Å². The fraction of sp³-hybridized carbons (Fsp3) is 0.263. The first kappa shape index (κ1) is 18.8. The Labute approximate surface area is 152 Å². The van der Waals surface area contributed by atoms with Crippen molar-refractivity contribution < 1.29 is 14.3 Å². The topological polar surface area (TPSA) is 67.4 Å². The number of amides is 2. The normalized spacial score (nSPS) is 11.5. The van der Waals surface area contributed by atoms with Crippen LogP contribution in [0.25, 0.3) is 0 Å². The lowest BCUT2D eigenvalue weighted by molar-refractivity contribution is -0.127. The molecular formula is C19H21ClN2O3. The minimum atomic E-state index is -0.616. The summed E-state index contributed by atoms with van der Waals surface area (Å²) in [5, 5.41) is 6.04. The van der Waals surface area contributed by atoms with E-state index in [-0.39, 0.29) is 11.8 Å². The predicted molar refractivity (Wildman–Crippen MR) is 98.1 cm³/mol. The molecule has 0 aliphatic rings. The number of carbonyl (C=O) groups excluding carboxylic acids is 2. The number of halogens is 1. The molecule has 2 aromatic rings. The number of carbonyl (C=O) groups is 2. The first-order valence-corrected chi connectivity index (χ1v) is 8.38. The number of rotatable bonds is 7. The fourth-order valence-corrected chi connectivity index (χ4v) is 2.21. The van der Waals surface area contributed by atoms with Gasteiger partial charge in [-0.1, -0.05) is 29.3 Å². The van der Waals surface area contributed by atoms with E-state index in [9.17, 15) is 9.59 Å². The van der Waals surface area contributed by atoms with E-state index in [1.165, 1.54) is 0 Å². The number of ether oxygens (including phenoxy) is 1. The molecule has 0 aliphatic carbocycles. The zero-order valence-electron chi connectivity index (χ0n) is 14.2. The van der Waals surface area contributed by atoms with Crippen LogP contribution in [0.1, 0.15) is 22.8 Å². The average molecular weight is 361 g/mol. The number of benzene rings is 2. The molecule has 132 valence electrons. The standard InChI is InChI=1S/C19H21ClN2O3/c1-13-3-9-17(10-4-13)25-14(2)18(23)21-11-12-22-19(24)15-5-7-16(20)8-6-15/h3-10,14H,11-12H2,1-2H3,(H,21,23)(H,22,24). The van der Waals surface area contributed by atoms with Crippen LogP contribution in [0.4, 0.5) is 0 Å². The molecule has 6 heteroatoms. The average Bonchev–Trinajstić information content (AvgIpc) is 2.60. The maximum atomic E-state index is 12.0. The van der Waals surface area contributed by atoms with E-state index in [0.717, 1.165) is 5.56 Å². The van der Waals surface area contributed by atoms with E-state index >= 15 is 0 Å². The first-order chi connectivity index (χ1) is 12.0. The Morgan fingerprint density at radius 3 is 2.24 bits per heavy atom. The molecule has 5 nitrogen and oxygen atoms in total. The van der Waals surface area contributed by atoms with Gasteiger partial charge in [-0.3, -0.25) is 9.59 Å². The molecule has 0 aromatic heterocycles. The third-order valence-corrected chi connectivity index (χ3v) is 3.77. The van der Waals surface area contributed by atoms with Crippen molar-refractivity contribution in [3.05, 3.63) is 64.7 Å². The van der Waals surface area contributed by atoms with Crippen molar-refractivity contribution in [3.8, 4) is 5.75 Å². The summed E-state index contributed by atoms with van der Waals surface area (Å²) in [4.78, 5) is 23.9. The summed E-state index contributed by atoms with van der Waals surface area (Å²) in [6.45, 7) is 4.31. The summed E-state index contributed by atoms with van der Waals surface area (Å²) < 4.78 is 5.58. The van der Waals surface area contributed by atoms with E-state index in [2.05, 4.69) is 10.6 Å². The van der Waals surface area contributed by atoms with Crippen molar-refractivity contribution in [1.29, 1.82) is 0 Å². The van der Waals surface area contributed by atoms with Gasteiger partial charge in [-0.05, 0) is 50.2 Å². The molecule has 1 unspecified atom stereocenters. The molecule has 0 saturated carbocycles. The molecule has 2 amide bonds. The summed E-state index contributed by atoms with van der Waals surface area (Å²) in [7, 11) is 0. The summed E-state index contributed by atoms with van der Waals surface area (Å²) in [6.07, 6.45) is -0.616. The van der Waals surface area contributed by atoms with Gasteiger partial charge in [0.2, 0.25) is 0 Å². The molecule has 0 radical (unpaired) electrons. The Hall–Kier alpha value is -2.53. The zero-order chi connectivity index (χ0) is 18.2. The molecule has 0 fully saturated rings. The Balaban J connectivity index is 1.69. The highest BCUT2D eigenvalue weighted by Crippen LogP contribution is 2.13. The van der Waals surface area contributed by atoms with Crippen LogP contribution in [0.5, 0.6) is 5.75 Å². The SMILES string of the molecule is Cc1ccc(OC(C)C(=O)NCCNC(=O)c2ccc(Cl)cc2)cc1. The Kier molecular flexibility index (Phi) is 6.83. The van der Waals surface area contributed by atoms with Crippen LogP contribution in [0, 0.1) is 6.92 Å². The van der Waals surface area contributed by atoms with Crippen LogP contribution in [0.15, 0.2) is 48.5 Å². The molecule has 0 aliphatic heterocycles. The Morgan fingerprint density at radius 2 is 1.60 bits per heavy atom. The summed E-state index contributed by atoms with van der Waals surface area (Å²) in [5.74, 6) is 0.195. The summed E-state index contributed by atoms with van der Waals surface area (Å²) in [5.41, 5.74) is 1.65. The van der Waals surface area contributed by atoms with Crippen LogP contribution in [-0.4, -0.2) is 31.0 Å². The lowest BCUT2D eigenvalue weighted by Crippen LogP contribution is -2.40. The van der Waals surface area contributed by atoms with E-state index in [0.29, 0.717) is 29.4 Å². The molecular weight excluding hydrogens is 340 g/mol. The minimum Gasteiger partial charge on any atom is -0.481 e. The van der Waals surface area contributed by atoms with E-state index in [1.54, 1.807) is 31.2 Å². The molecule has 0 heterocycles. The van der Waals surface area contributed by atoms with Gasteiger partial charge in [0.1, 0.15) is 5.75 Å². The van der Waals surface area contributed by atoms with Gasteiger partial charge >= 0.3 is 0 Å².